The molecule has 0 heterocycles. The molecule has 0 amide bonds. The highest BCUT2D eigenvalue weighted by Gasteiger charge is 1.98. The van der Waals surface area contributed by atoms with Gasteiger partial charge in [-0.05, 0) is 24.7 Å². The first-order valence-electron chi connectivity index (χ1n) is 4.31. The minimum atomic E-state index is -0.300. The van der Waals surface area contributed by atoms with Gasteiger partial charge in [0.05, 0.1) is 0 Å². The van der Waals surface area contributed by atoms with Crippen molar-refractivity contribution in [2.45, 2.75) is 6.54 Å². The summed E-state index contributed by atoms with van der Waals surface area (Å²) in [6, 6.07) is 7.64. The van der Waals surface area contributed by atoms with Gasteiger partial charge in [-0.1, -0.05) is 12.1 Å². The lowest BCUT2D eigenvalue weighted by atomic mass is 10.2. The van der Waals surface area contributed by atoms with Crippen LogP contribution in [0.4, 0.5) is 10.1 Å². The summed E-state index contributed by atoms with van der Waals surface area (Å²) in [5.74, 6) is 0. The average Bonchev–Trinajstić information content (AvgIpc) is 2.09. The fraction of sp³-hybridized carbons (Fsp3) is 0.400. The van der Waals surface area contributed by atoms with E-state index >= 15 is 0 Å². The number of hydrogen-bond acceptors (Lipinski definition) is 2. The van der Waals surface area contributed by atoms with E-state index in [1.165, 1.54) is 0 Å². The highest BCUT2D eigenvalue weighted by atomic mass is 19.1. The highest BCUT2D eigenvalue weighted by Crippen LogP contribution is 2.07. The molecule has 0 unspecified atom stereocenters. The van der Waals surface area contributed by atoms with E-state index in [4.69, 9.17) is 5.73 Å². The van der Waals surface area contributed by atoms with Gasteiger partial charge < -0.3 is 5.73 Å². The van der Waals surface area contributed by atoms with Gasteiger partial charge in [0.25, 0.3) is 0 Å². The Morgan fingerprint density at radius 2 is 1.92 bits per heavy atom. The van der Waals surface area contributed by atoms with Crippen LogP contribution in [-0.2, 0) is 6.54 Å². The minimum Gasteiger partial charge on any atom is -0.399 e. The lowest BCUT2D eigenvalue weighted by Gasteiger charge is -2.14. The summed E-state index contributed by atoms with van der Waals surface area (Å²) in [5.41, 5.74) is 7.46. The van der Waals surface area contributed by atoms with E-state index in [1.54, 1.807) is 0 Å². The van der Waals surface area contributed by atoms with Crippen LogP contribution in [0.1, 0.15) is 5.56 Å². The number of anilines is 1. The number of alkyl halides is 1. The van der Waals surface area contributed by atoms with Crippen LogP contribution in [0.3, 0.4) is 0 Å². The number of benzene rings is 1. The van der Waals surface area contributed by atoms with Crippen LogP contribution in [0.5, 0.6) is 0 Å². The second kappa shape index (κ2) is 4.82. The first kappa shape index (κ1) is 9.99. The third-order valence-electron chi connectivity index (χ3n) is 1.90. The standard InChI is InChI=1S/C10H15FN2/c1-13(7-6-11)8-9-2-4-10(12)5-3-9/h2-5H,6-8,12H2,1H3. The third-order valence-corrected chi connectivity index (χ3v) is 1.90. The predicted octanol–water partition coefficient (Wildman–Crippen LogP) is 1.67. The van der Waals surface area contributed by atoms with E-state index in [2.05, 4.69) is 0 Å². The van der Waals surface area contributed by atoms with Crippen molar-refractivity contribution in [2.75, 3.05) is 26.0 Å². The summed E-state index contributed by atoms with van der Waals surface area (Å²) in [6.07, 6.45) is 0. The van der Waals surface area contributed by atoms with Crippen LogP contribution >= 0.6 is 0 Å². The molecule has 1 aromatic carbocycles. The van der Waals surface area contributed by atoms with Crippen LogP contribution in [-0.4, -0.2) is 25.2 Å². The van der Waals surface area contributed by atoms with E-state index < -0.39 is 0 Å². The number of halogens is 1. The van der Waals surface area contributed by atoms with E-state index in [0.29, 0.717) is 6.54 Å². The van der Waals surface area contributed by atoms with Crippen LogP contribution in [0.2, 0.25) is 0 Å². The average molecular weight is 182 g/mol. The zero-order valence-corrected chi connectivity index (χ0v) is 7.83. The lowest BCUT2D eigenvalue weighted by molar-refractivity contribution is 0.289. The summed E-state index contributed by atoms with van der Waals surface area (Å²) in [6.45, 7) is 0.944. The van der Waals surface area contributed by atoms with Crippen molar-refractivity contribution < 1.29 is 4.39 Å². The molecular weight excluding hydrogens is 167 g/mol. The number of rotatable bonds is 4. The molecule has 0 bridgehead atoms. The molecule has 13 heavy (non-hydrogen) atoms. The first-order chi connectivity index (χ1) is 6.22. The van der Waals surface area contributed by atoms with Crippen molar-refractivity contribution >= 4 is 5.69 Å². The summed E-state index contributed by atoms with van der Waals surface area (Å²) in [7, 11) is 1.90. The Morgan fingerprint density at radius 3 is 2.46 bits per heavy atom. The second-order valence-corrected chi connectivity index (χ2v) is 3.17. The van der Waals surface area contributed by atoms with Crippen LogP contribution in [0, 0.1) is 0 Å². The van der Waals surface area contributed by atoms with Crippen LogP contribution in [0.25, 0.3) is 0 Å². The number of hydrogen-bond donors (Lipinski definition) is 1. The molecule has 0 saturated heterocycles. The fourth-order valence-electron chi connectivity index (χ4n) is 1.16. The number of nitrogens with two attached hydrogens (primary N) is 1. The van der Waals surface area contributed by atoms with E-state index in [-0.39, 0.29) is 6.67 Å². The van der Waals surface area contributed by atoms with Crippen molar-refractivity contribution in [2.24, 2.45) is 0 Å². The first-order valence-corrected chi connectivity index (χ1v) is 4.31. The van der Waals surface area contributed by atoms with Gasteiger partial charge >= 0.3 is 0 Å². The molecule has 2 N–H and O–H groups in total. The van der Waals surface area contributed by atoms with E-state index in [9.17, 15) is 4.39 Å². The maximum atomic E-state index is 11.9. The Balaban J connectivity index is 2.49. The molecule has 0 aliphatic rings. The summed E-state index contributed by atoms with van der Waals surface area (Å²) in [5, 5.41) is 0. The van der Waals surface area contributed by atoms with Gasteiger partial charge in [0.1, 0.15) is 6.67 Å². The molecular formula is C10H15FN2. The summed E-state index contributed by atoms with van der Waals surface area (Å²) in [4.78, 5) is 1.94. The van der Waals surface area contributed by atoms with Crippen molar-refractivity contribution in [1.29, 1.82) is 0 Å². The molecule has 0 aromatic heterocycles. The molecule has 72 valence electrons. The van der Waals surface area contributed by atoms with Crippen molar-refractivity contribution in [1.82, 2.24) is 4.90 Å². The van der Waals surface area contributed by atoms with Crippen LogP contribution in [0.15, 0.2) is 24.3 Å². The highest BCUT2D eigenvalue weighted by molar-refractivity contribution is 5.39. The quantitative estimate of drug-likeness (QED) is 0.718. The van der Waals surface area contributed by atoms with Gasteiger partial charge in [0.2, 0.25) is 0 Å². The minimum absolute atomic E-state index is 0.300. The molecule has 0 spiro atoms. The van der Waals surface area contributed by atoms with Crippen molar-refractivity contribution in [3.8, 4) is 0 Å². The lowest BCUT2D eigenvalue weighted by Crippen LogP contribution is -2.20. The Labute approximate surface area is 78.2 Å². The van der Waals surface area contributed by atoms with Gasteiger partial charge in [-0.15, -0.1) is 0 Å². The maximum Gasteiger partial charge on any atom is 0.102 e. The van der Waals surface area contributed by atoms with E-state index in [1.807, 2.05) is 36.2 Å². The number of nitrogen functional groups attached to an aromatic ring is 1. The molecule has 0 atom stereocenters. The molecule has 3 heteroatoms. The van der Waals surface area contributed by atoms with Gasteiger partial charge in [-0.25, -0.2) is 4.39 Å². The zero-order chi connectivity index (χ0) is 9.68. The third kappa shape index (κ3) is 3.42. The molecule has 0 aliphatic carbocycles. The molecule has 0 radical (unpaired) electrons. The topological polar surface area (TPSA) is 29.3 Å². The van der Waals surface area contributed by atoms with Gasteiger partial charge in [-0.3, -0.25) is 4.90 Å². The van der Waals surface area contributed by atoms with Gasteiger partial charge in [0.15, 0.2) is 0 Å². The monoisotopic (exact) mass is 182 g/mol. The molecule has 0 fully saturated rings. The van der Waals surface area contributed by atoms with Gasteiger partial charge in [0, 0.05) is 18.8 Å². The predicted molar refractivity (Wildman–Crippen MR) is 53.2 cm³/mol. The van der Waals surface area contributed by atoms with Crippen molar-refractivity contribution in [3.05, 3.63) is 29.8 Å². The SMILES string of the molecule is CN(CCF)Cc1ccc(N)cc1. The number of nitrogens with zero attached hydrogens (tertiary/aromatic N) is 1. The normalized spacial score (nSPS) is 10.7. The summed E-state index contributed by atoms with van der Waals surface area (Å²) >= 11 is 0. The van der Waals surface area contributed by atoms with E-state index in [0.717, 1.165) is 17.8 Å². The molecule has 0 aliphatic heterocycles. The molecule has 1 rings (SSSR count). The van der Waals surface area contributed by atoms with Crippen LogP contribution < -0.4 is 5.73 Å². The zero-order valence-electron chi connectivity index (χ0n) is 7.83. The van der Waals surface area contributed by atoms with Gasteiger partial charge in [-0.2, -0.15) is 0 Å². The Bertz CT molecular complexity index is 246. The van der Waals surface area contributed by atoms with Crippen molar-refractivity contribution in [3.63, 3.8) is 0 Å². The fourth-order valence-corrected chi connectivity index (χ4v) is 1.16. The second-order valence-electron chi connectivity index (χ2n) is 3.17. The Morgan fingerprint density at radius 1 is 1.31 bits per heavy atom. The molecule has 0 saturated carbocycles. The Hall–Kier alpha value is -1.09. The largest absolute Gasteiger partial charge is 0.399 e. The summed E-state index contributed by atoms with van der Waals surface area (Å²) < 4.78 is 11.9. The molecule has 1 aromatic rings. The maximum absolute atomic E-state index is 11.9. The molecule has 2 nitrogen and oxygen atoms in total. The Kier molecular flexibility index (Phi) is 3.71. The smallest absolute Gasteiger partial charge is 0.102 e.